The number of hydrogen-bond donors (Lipinski definition) is 4. The largest absolute Gasteiger partial charge is 0.502 e. The molecule has 1 aromatic heterocycles. The number of aliphatic hydroxyl groups excluding tert-OH is 1. The molecule has 0 saturated carbocycles. The third kappa shape index (κ3) is 4.58. The number of aromatic amines is 1. The highest BCUT2D eigenvalue weighted by molar-refractivity contribution is 5.84. The zero-order chi connectivity index (χ0) is 19.8. The Balaban J connectivity index is 0.000000183. The molecule has 3 aromatic rings. The van der Waals surface area contributed by atoms with Crippen LogP contribution >= 0.6 is 0 Å². The molecule has 144 valence electrons. The number of carbonyl (C=O) groups excluding carboxylic acids is 1. The number of para-hydroxylation sites is 2. The van der Waals surface area contributed by atoms with E-state index in [-0.39, 0.29) is 5.75 Å². The van der Waals surface area contributed by atoms with Gasteiger partial charge in [-0.1, -0.05) is 24.3 Å². The molecule has 1 atom stereocenters. The van der Waals surface area contributed by atoms with Gasteiger partial charge >= 0.3 is 0 Å². The van der Waals surface area contributed by atoms with Crippen molar-refractivity contribution < 1.29 is 24.5 Å². The minimum absolute atomic E-state index is 0.0394. The Morgan fingerprint density at radius 1 is 1.04 bits per heavy atom. The first kappa shape index (κ1) is 20.3. The molecule has 7 nitrogen and oxygen atoms in total. The van der Waals surface area contributed by atoms with Crippen molar-refractivity contribution in [3.63, 3.8) is 0 Å². The van der Waals surface area contributed by atoms with Crippen LogP contribution in [0.1, 0.15) is 11.3 Å². The molecule has 2 aromatic carbocycles. The fraction of sp³-hybridized carbons (Fsp3) is 0.250. The highest BCUT2D eigenvalue weighted by atomic mass is 16.5. The summed E-state index contributed by atoms with van der Waals surface area (Å²) in [4.78, 5) is 11.4. The number of aromatic hydroxyl groups is 1. The van der Waals surface area contributed by atoms with Crippen LogP contribution in [0.2, 0.25) is 0 Å². The number of H-pyrrole nitrogens is 1. The predicted molar refractivity (Wildman–Crippen MR) is 103 cm³/mol. The van der Waals surface area contributed by atoms with Crippen molar-refractivity contribution >= 4 is 17.7 Å². The smallest absolute Gasteiger partial charge is 0.200 e. The van der Waals surface area contributed by atoms with Gasteiger partial charge in [-0.3, -0.25) is 5.32 Å². The molecule has 0 fully saturated rings. The molecule has 1 aliphatic rings. The molecular formula is C20H24N2O5. The summed E-state index contributed by atoms with van der Waals surface area (Å²) in [5.41, 5.74) is 3.62. The Kier molecular flexibility index (Phi) is 7.22. The first-order valence-electron chi connectivity index (χ1n) is 8.32. The lowest BCUT2D eigenvalue weighted by Gasteiger charge is -2.18. The molecular weight excluding hydrogens is 348 g/mol. The molecule has 1 unspecified atom stereocenters. The quantitative estimate of drug-likeness (QED) is 0.551. The van der Waals surface area contributed by atoms with Gasteiger partial charge in [0.25, 0.3) is 0 Å². The highest BCUT2D eigenvalue weighted by Crippen LogP contribution is 2.34. The fourth-order valence-corrected chi connectivity index (χ4v) is 2.96. The van der Waals surface area contributed by atoms with Crippen molar-refractivity contribution in [2.45, 2.75) is 19.2 Å². The Morgan fingerprint density at radius 2 is 1.67 bits per heavy atom. The minimum Gasteiger partial charge on any atom is -0.502 e. The Morgan fingerprint density at radius 3 is 2.30 bits per heavy atom. The van der Waals surface area contributed by atoms with Gasteiger partial charge in [0.1, 0.15) is 13.0 Å². The number of fused-ring (bicyclic) bond motifs is 3. The van der Waals surface area contributed by atoms with Crippen LogP contribution in [0.3, 0.4) is 0 Å². The van der Waals surface area contributed by atoms with E-state index in [1.165, 1.54) is 30.9 Å². The summed E-state index contributed by atoms with van der Waals surface area (Å²) in [5.74, 6) is 0.881. The second-order valence-corrected chi connectivity index (χ2v) is 5.74. The van der Waals surface area contributed by atoms with E-state index in [0.29, 0.717) is 17.9 Å². The molecule has 0 radical (unpaired) electrons. The van der Waals surface area contributed by atoms with Crippen LogP contribution in [0.15, 0.2) is 42.5 Å². The maximum absolute atomic E-state index is 9.51. The number of aromatic nitrogens is 1. The standard InChI is InChI=1S/C11H12N2O.C8H10O3.CH2O/c14-11-5-8-7-3-1-2-4-9(7)13-10(8)6-12-11;1-10-6-4-3-5-7(11-2)8(6)9;1-2/h1-4,11-14H,5-6H2;3-5,9H,1-2H3;1H2. The molecule has 7 heteroatoms. The number of ether oxygens (including phenoxy) is 2. The lowest BCUT2D eigenvalue weighted by molar-refractivity contribution is -0.0979. The molecule has 0 saturated heterocycles. The number of phenolic OH excluding ortho intramolecular Hbond substituents is 1. The zero-order valence-electron chi connectivity index (χ0n) is 15.4. The van der Waals surface area contributed by atoms with Gasteiger partial charge in [0.2, 0.25) is 5.75 Å². The molecule has 4 N–H and O–H groups in total. The average molecular weight is 372 g/mol. The van der Waals surface area contributed by atoms with Gasteiger partial charge in [-0.2, -0.15) is 0 Å². The van der Waals surface area contributed by atoms with Gasteiger partial charge in [0.15, 0.2) is 11.5 Å². The van der Waals surface area contributed by atoms with Crippen molar-refractivity contribution in [1.29, 1.82) is 0 Å². The van der Waals surface area contributed by atoms with Crippen LogP contribution < -0.4 is 14.8 Å². The third-order valence-corrected chi connectivity index (χ3v) is 4.22. The van der Waals surface area contributed by atoms with Crippen molar-refractivity contribution in [3.8, 4) is 17.2 Å². The summed E-state index contributed by atoms with van der Waals surface area (Å²) < 4.78 is 9.71. The fourth-order valence-electron chi connectivity index (χ4n) is 2.96. The van der Waals surface area contributed by atoms with Gasteiger partial charge in [-0.05, 0) is 23.8 Å². The van der Waals surface area contributed by atoms with E-state index >= 15 is 0 Å². The van der Waals surface area contributed by atoms with E-state index in [9.17, 15) is 10.2 Å². The average Bonchev–Trinajstić information content (AvgIpc) is 3.08. The summed E-state index contributed by atoms with van der Waals surface area (Å²) in [6, 6.07) is 13.3. The number of rotatable bonds is 2. The maximum atomic E-state index is 9.51. The van der Waals surface area contributed by atoms with Crippen molar-refractivity contribution in [3.05, 3.63) is 53.7 Å². The molecule has 27 heavy (non-hydrogen) atoms. The Labute approximate surface area is 157 Å². The van der Waals surface area contributed by atoms with Gasteiger partial charge in [0, 0.05) is 29.6 Å². The van der Waals surface area contributed by atoms with Crippen LogP contribution in [0, 0.1) is 0 Å². The van der Waals surface area contributed by atoms with Crippen molar-refractivity contribution in [1.82, 2.24) is 10.3 Å². The van der Waals surface area contributed by atoms with Gasteiger partial charge < -0.3 is 29.5 Å². The first-order valence-corrected chi connectivity index (χ1v) is 8.32. The predicted octanol–water partition coefficient (Wildman–Crippen LogP) is 2.36. The SMILES string of the molecule is C=O.COc1cccc(OC)c1O.OC1Cc2c([nH]c3ccccc23)CN1. The van der Waals surface area contributed by atoms with Crippen LogP contribution in [-0.4, -0.2) is 42.4 Å². The van der Waals surface area contributed by atoms with Crippen molar-refractivity contribution in [2.75, 3.05) is 14.2 Å². The second kappa shape index (κ2) is 9.61. The summed E-state index contributed by atoms with van der Waals surface area (Å²) in [5, 5.41) is 23.1. The number of carbonyl (C=O) groups is 1. The topological polar surface area (TPSA) is 104 Å². The van der Waals surface area contributed by atoms with Crippen LogP contribution in [-0.2, 0) is 17.8 Å². The van der Waals surface area contributed by atoms with E-state index < -0.39 is 6.23 Å². The number of hydrogen-bond acceptors (Lipinski definition) is 6. The number of nitrogens with one attached hydrogen (secondary N) is 2. The highest BCUT2D eigenvalue weighted by Gasteiger charge is 2.19. The number of methoxy groups -OCH3 is 2. The molecule has 0 spiro atoms. The summed E-state index contributed by atoms with van der Waals surface area (Å²) in [6.45, 7) is 2.73. The number of phenols is 1. The van der Waals surface area contributed by atoms with Crippen LogP contribution in [0.4, 0.5) is 0 Å². The van der Waals surface area contributed by atoms with Crippen LogP contribution in [0.5, 0.6) is 17.2 Å². The van der Waals surface area contributed by atoms with Crippen LogP contribution in [0.25, 0.3) is 10.9 Å². The van der Waals surface area contributed by atoms with E-state index in [2.05, 4.69) is 22.4 Å². The molecule has 0 bridgehead atoms. The molecule has 0 amide bonds. The molecule has 1 aliphatic heterocycles. The normalized spacial score (nSPS) is 14.9. The van der Waals surface area contributed by atoms with E-state index in [4.69, 9.17) is 14.3 Å². The van der Waals surface area contributed by atoms with Gasteiger partial charge in [-0.15, -0.1) is 0 Å². The Hall–Kier alpha value is -3.03. The summed E-state index contributed by atoms with van der Waals surface area (Å²) in [7, 11) is 2.99. The second-order valence-electron chi connectivity index (χ2n) is 5.74. The zero-order valence-corrected chi connectivity index (χ0v) is 15.4. The molecule has 4 rings (SSSR count). The number of benzene rings is 2. The third-order valence-electron chi connectivity index (χ3n) is 4.22. The van der Waals surface area contributed by atoms with E-state index in [1.54, 1.807) is 18.2 Å². The minimum atomic E-state index is -0.401. The first-order chi connectivity index (χ1) is 13.1. The van der Waals surface area contributed by atoms with Crippen molar-refractivity contribution in [2.24, 2.45) is 0 Å². The van der Waals surface area contributed by atoms with E-state index in [0.717, 1.165) is 12.1 Å². The maximum Gasteiger partial charge on any atom is 0.200 e. The lowest BCUT2D eigenvalue weighted by atomic mass is 10.0. The van der Waals surface area contributed by atoms with Gasteiger partial charge in [-0.25, -0.2) is 0 Å². The van der Waals surface area contributed by atoms with Gasteiger partial charge in [0.05, 0.1) is 14.2 Å². The Bertz CT molecular complexity index is 856. The molecule has 2 heterocycles. The lowest BCUT2D eigenvalue weighted by Crippen LogP contribution is -2.34. The number of aliphatic hydroxyl groups is 1. The van der Waals surface area contributed by atoms with E-state index in [1.807, 2.05) is 18.9 Å². The molecule has 0 aliphatic carbocycles. The summed E-state index contributed by atoms with van der Waals surface area (Å²) >= 11 is 0. The summed E-state index contributed by atoms with van der Waals surface area (Å²) in [6.07, 6.45) is 0.293. The monoisotopic (exact) mass is 372 g/mol.